The second-order valence-electron chi connectivity index (χ2n) is 6.86. The minimum absolute atomic E-state index is 0.164. The van der Waals surface area contributed by atoms with Crippen LogP contribution in [0.2, 0.25) is 0 Å². The van der Waals surface area contributed by atoms with Gasteiger partial charge in [-0.05, 0) is 20.8 Å². The fourth-order valence-corrected chi connectivity index (χ4v) is 2.75. The predicted octanol–water partition coefficient (Wildman–Crippen LogP) is 1.11. The molecule has 0 aromatic carbocycles. The molecule has 8 heteroatoms. The molecular formula is C14H23F2N3O3. The number of likely N-dealkylation sites (tertiary alicyclic amines) is 1. The van der Waals surface area contributed by atoms with Crippen LogP contribution in [-0.2, 0) is 9.53 Å². The smallest absolute Gasteiger partial charge is 0.407 e. The number of alkyl carbamates (subject to hydrolysis) is 1. The lowest BCUT2D eigenvalue weighted by Crippen LogP contribution is -2.58. The highest BCUT2D eigenvalue weighted by Crippen LogP contribution is 2.29. The molecule has 0 aromatic heterocycles. The Morgan fingerprint density at radius 2 is 2.09 bits per heavy atom. The molecule has 0 saturated carbocycles. The van der Waals surface area contributed by atoms with Gasteiger partial charge in [-0.25, -0.2) is 13.6 Å². The summed E-state index contributed by atoms with van der Waals surface area (Å²) in [6.07, 6.45) is -1.18. The summed E-state index contributed by atoms with van der Waals surface area (Å²) >= 11 is 0. The summed E-state index contributed by atoms with van der Waals surface area (Å²) in [6, 6.07) is -0.918. The van der Waals surface area contributed by atoms with Gasteiger partial charge in [0.15, 0.2) is 0 Å². The minimum Gasteiger partial charge on any atom is -0.444 e. The minimum atomic E-state index is -2.87. The van der Waals surface area contributed by atoms with Gasteiger partial charge < -0.3 is 20.3 Å². The first-order chi connectivity index (χ1) is 10.1. The maximum absolute atomic E-state index is 13.6. The quantitative estimate of drug-likeness (QED) is 0.800. The van der Waals surface area contributed by atoms with Crippen molar-refractivity contribution in [3.63, 3.8) is 0 Å². The SMILES string of the molecule is CC(C)(C)OC(=O)N[C@H]1CNC[C@H]1N1CC(F)(F)CCC1=O. The predicted molar refractivity (Wildman–Crippen MR) is 75.7 cm³/mol. The molecule has 2 aliphatic rings. The maximum Gasteiger partial charge on any atom is 0.407 e. The van der Waals surface area contributed by atoms with E-state index in [2.05, 4.69) is 10.6 Å². The number of ether oxygens (including phenoxy) is 1. The Bertz CT molecular complexity index is 451. The van der Waals surface area contributed by atoms with Crippen LogP contribution < -0.4 is 10.6 Å². The summed E-state index contributed by atoms with van der Waals surface area (Å²) in [4.78, 5) is 25.0. The second-order valence-corrected chi connectivity index (χ2v) is 6.86. The molecule has 0 spiro atoms. The molecule has 126 valence electrons. The molecule has 0 aliphatic carbocycles. The van der Waals surface area contributed by atoms with Crippen LogP contribution in [0.15, 0.2) is 0 Å². The number of piperidine rings is 1. The van der Waals surface area contributed by atoms with Crippen molar-refractivity contribution in [2.24, 2.45) is 0 Å². The summed E-state index contributed by atoms with van der Waals surface area (Å²) in [5.41, 5.74) is -0.639. The Labute approximate surface area is 128 Å². The first-order valence-electron chi connectivity index (χ1n) is 7.45. The highest BCUT2D eigenvalue weighted by atomic mass is 19.3. The fourth-order valence-electron chi connectivity index (χ4n) is 2.75. The van der Waals surface area contributed by atoms with Crippen LogP contribution >= 0.6 is 0 Å². The highest BCUT2D eigenvalue weighted by Gasteiger charge is 2.45. The zero-order chi connectivity index (χ0) is 16.5. The fraction of sp³-hybridized carbons (Fsp3) is 0.857. The third kappa shape index (κ3) is 4.28. The van der Waals surface area contributed by atoms with E-state index in [4.69, 9.17) is 4.74 Å². The number of nitrogens with one attached hydrogen (secondary N) is 2. The highest BCUT2D eigenvalue weighted by molar-refractivity contribution is 5.78. The van der Waals surface area contributed by atoms with Crippen molar-refractivity contribution in [3.8, 4) is 0 Å². The number of rotatable bonds is 2. The number of hydrogen-bond acceptors (Lipinski definition) is 4. The lowest BCUT2D eigenvalue weighted by Gasteiger charge is -2.38. The molecule has 2 aliphatic heterocycles. The molecule has 2 rings (SSSR count). The van der Waals surface area contributed by atoms with Crippen molar-refractivity contribution < 1.29 is 23.1 Å². The topological polar surface area (TPSA) is 70.7 Å². The van der Waals surface area contributed by atoms with Crippen molar-refractivity contribution in [3.05, 3.63) is 0 Å². The van der Waals surface area contributed by atoms with Gasteiger partial charge in [-0.3, -0.25) is 4.79 Å². The summed E-state index contributed by atoms with van der Waals surface area (Å²) < 4.78 is 32.3. The number of carbonyl (C=O) groups excluding carboxylic acids is 2. The Morgan fingerprint density at radius 3 is 2.73 bits per heavy atom. The number of amides is 2. The summed E-state index contributed by atoms with van der Waals surface area (Å²) in [5.74, 6) is -3.16. The van der Waals surface area contributed by atoms with Gasteiger partial charge in [0.1, 0.15) is 5.60 Å². The number of alkyl halides is 2. The van der Waals surface area contributed by atoms with Crippen molar-refractivity contribution >= 4 is 12.0 Å². The maximum atomic E-state index is 13.6. The first kappa shape index (κ1) is 16.9. The Balaban J connectivity index is 2.01. The molecule has 2 amide bonds. The molecule has 0 bridgehead atoms. The Morgan fingerprint density at radius 1 is 1.41 bits per heavy atom. The second kappa shape index (κ2) is 5.98. The van der Waals surface area contributed by atoms with Crippen LogP contribution in [0.1, 0.15) is 33.6 Å². The molecule has 0 aromatic rings. The standard InChI is InChI=1S/C14H23F2N3O3/c1-13(2,3)22-12(21)18-9-6-17-7-10(9)19-8-14(15,16)5-4-11(19)20/h9-10,17H,4-8H2,1-3H3,(H,18,21)/t9-,10+/m0/s1. The third-order valence-corrected chi connectivity index (χ3v) is 3.71. The van der Waals surface area contributed by atoms with Crippen molar-refractivity contribution in [1.29, 1.82) is 0 Å². The van der Waals surface area contributed by atoms with Crippen LogP contribution in [0.5, 0.6) is 0 Å². The lowest BCUT2D eigenvalue weighted by atomic mass is 10.0. The molecule has 2 N–H and O–H groups in total. The molecule has 6 nitrogen and oxygen atoms in total. The third-order valence-electron chi connectivity index (χ3n) is 3.71. The molecule has 2 fully saturated rings. The van der Waals surface area contributed by atoms with Crippen LogP contribution in [0.25, 0.3) is 0 Å². The van der Waals surface area contributed by atoms with Crippen molar-refractivity contribution in [2.75, 3.05) is 19.6 Å². The van der Waals surface area contributed by atoms with Gasteiger partial charge in [0.2, 0.25) is 5.91 Å². The molecule has 2 heterocycles. The van der Waals surface area contributed by atoms with Gasteiger partial charge in [0.05, 0.1) is 18.6 Å². The van der Waals surface area contributed by atoms with E-state index in [1.165, 1.54) is 4.90 Å². The zero-order valence-corrected chi connectivity index (χ0v) is 13.1. The normalized spacial score (nSPS) is 28.6. The molecule has 0 radical (unpaired) electrons. The monoisotopic (exact) mass is 319 g/mol. The van der Waals surface area contributed by atoms with Crippen LogP contribution in [-0.4, -0.2) is 60.1 Å². The average Bonchev–Trinajstić information content (AvgIpc) is 2.77. The van der Waals surface area contributed by atoms with Gasteiger partial charge in [-0.1, -0.05) is 0 Å². The molecule has 22 heavy (non-hydrogen) atoms. The molecule has 0 unspecified atom stereocenters. The van der Waals surface area contributed by atoms with Gasteiger partial charge in [0.25, 0.3) is 5.92 Å². The van der Waals surface area contributed by atoms with E-state index >= 15 is 0 Å². The Hall–Kier alpha value is -1.44. The zero-order valence-electron chi connectivity index (χ0n) is 13.1. The van der Waals surface area contributed by atoms with E-state index in [9.17, 15) is 18.4 Å². The number of halogens is 2. The van der Waals surface area contributed by atoms with Crippen molar-refractivity contribution in [1.82, 2.24) is 15.5 Å². The van der Waals surface area contributed by atoms with E-state index in [-0.39, 0.29) is 12.3 Å². The van der Waals surface area contributed by atoms with Gasteiger partial charge in [-0.2, -0.15) is 0 Å². The van der Waals surface area contributed by atoms with Crippen LogP contribution in [0, 0.1) is 0 Å². The van der Waals surface area contributed by atoms with E-state index in [0.717, 1.165) is 0 Å². The number of hydrogen-bond donors (Lipinski definition) is 2. The average molecular weight is 319 g/mol. The van der Waals surface area contributed by atoms with E-state index < -0.39 is 42.7 Å². The lowest BCUT2D eigenvalue weighted by molar-refractivity contribution is -0.151. The summed E-state index contributed by atoms with van der Waals surface area (Å²) in [5, 5.41) is 5.70. The van der Waals surface area contributed by atoms with Crippen LogP contribution in [0.4, 0.5) is 13.6 Å². The molecular weight excluding hydrogens is 296 g/mol. The Kier molecular flexibility index (Phi) is 4.60. The largest absolute Gasteiger partial charge is 0.444 e. The number of carbonyl (C=O) groups is 2. The van der Waals surface area contributed by atoms with Crippen LogP contribution in [0.3, 0.4) is 0 Å². The summed E-state index contributed by atoms with van der Waals surface area (Å²) in [6.45, 7) is 5.43. The molecule has 2 saturated heterocycles. The van der Waals surface area contributed by atoms with E-state index in [1.807, 2.05) is 0 Å². The van der Waals surface area contributed by atoms with E-state index in [1.54, 1.807) is 20.8 Å². The van der Waals surface area contributed by atoms with Gasteiger partial charge in [-0.15, -0.1) is 0 Å². The van der Waals surface area contributed by atoms with Gasteiger partial charge in [0, 0.05) is 25.9 Å². The number of nitrogens with zero attached hydrogens (tertiary/aromatic N) is 1. The molecule has 2 atom stereocenters. The summed E-state index contributed by atoms with van der Waals surface area (Å²) in [7, 11) is 0. The van der Waals surface area contributed by atoms with E-state index in [0.29, 0.717) is 13.1 Å². The first-order valence-corrected chi connectivity index (χ1v) is 7.45. The van der Waals surface area contributed by atoms with Crippen molar-refractivity contribution in [2.45, 2.75) is 57.2 Å². The van der Waals surface area contributed by atoms with Gasteiger partial charge >= 0.3 is 6.09 Å².